The highest BCUT2D eigenvalue weighted by molar-refractivity contribution is 6.30. The minimum atomic E-state index is 0.102. The number of benzene rings is 1. The van der Waals surface area contributed by atoms with Crippen LogP contribution in [0.15, 0.2) is 23.3 Å². The first-order chi connectivity index (χ1) is 7.26. The molecule has 0 saturated heterocycles. The van der Waals surface area contributed by atoms with E-state index in [1.54, 1.807) is 18.2 Å². The van der Waals surface area contributed by atoms with E-state index in [1.807, 2.05) is 6.07 Å². The first-order valence-corrected chi connectivity index (χ1v) is 4.34. The zero-order chi connectivity index (χ0) is 11.1. The van der Waals surface area contributed by atoms with Gasteiger partial charge in [0.05, 0.1) is 18.2 Å². The number of hydrogen-bond acceptors (Lipinski definition) is 2. The van der Waals surface area contributed by atoms with Crippen LogP contribution in [0, 0.1) is 23.2 Å². The van der Waals surface area contributed by atoms with Gasteiger partial charge in [-0.1, -0.05) is 28.6 Å². The van der Waals surface area contributed by atoms with Gasteiger partial charge in [0.15, 0.2) is 0 Å². The molecule has 0 aliphatic heterocycles. The van der Waals surface area contributed by atoms with E-state index in [2.05, 4.69) is 21.9 Å². The van der Waals surface area contributed by atoms with E-state index in [0.29, 0.717) is 16.1 Å². The average molecular weight is 217 g/mol. The highest BCUT2D eigenvalue weighted by Crippen LogP contribution is 2.13. The number of azide groups is 1. The van der Waals surface area contributed by atoms with E-state index < -0.39 is 0 Å². The van der Waals surface area contributed by atoms with Crippen LogP contribution in [0.25, 0.3) is 10.4 Å². The molecule has 0 spiro atoms. The zero-order valence-corrected chi connectivity index (χ0v) is 8.36. The van der Waals surface area contributed by atoms with Gasteiger partial charge in [-0.05, 0) is 23.7 Å². The van der Waals surface area contributed by atoms with Crippen molar-refractivity contribution in [3.63, 3.8) is 0 Å². The first kappa shape index (κ1) is 10.9. The molecule has 0 heterocycles. The molecule has 0 atom stereocenters. The lowest BCUT2D eigenvalue weighted by atomic mass is 10.1. The van der Waals surface area contributed by atoms with Gasteiger partial charge in [0, 0.05) is 15.5 Å². The van der Waals surface area contributed by atoms with Crippen LogP contribution in [0.1, 0.15) is 11.1 Å². The van der Waals surface area contributed by atoms with Crippen LogP contribution in [0.4, 0.5) is 0 Å². The van der Waals surface area contributed by atoms with Crippen molar-refractivity contribution in [2.24, 2.45) is 5.11 Å². The van der Waals surface area contributed by atoms with E-state index in [4.69, 9.17) is 22.4 Å². The Morgan fingerprint density at radius 1 is 1.40 bits per heavy atom. The number of nitrogens with zero attached hydrogens (tertiary/aromatic N) is 4. The standard InChI is InChI=1S/C10H5ClN4/c11-10-5-8(2-1-3-14-15-13)4-9(6-10)7-12/h4-6H,3H2. The minimum absolute atomic E-state index is 0.102. The number of nitriles is 1. The van der Waals surface area contributed by atoms with Crippen molar-refractivity contribution < 1.29 is 0 Å². The van der Waals surface area contributed by atoms with Gasteiger partial charge < -0.3 is 0 Å². The molecule has 0 fully saturated rings. The van der Waals surface area contributed by atoms with Crippen LogP contribution in [0.5, 0.6) is 0 Å². The molecule has 1 aromatic rings. The molecular weight excluding hydrogens is 212 g/mol. The van der Waals surface area contributed by atoms with Crippen LogP contribution in [-0.4, -0.2) is 6.54 Å². The maximum Gasteiger partial charge on any atom is 0.0992 e. The second kappa shape index (κ2) is 5.57. The van der Waals surface area contributed by atoms with Crippen LogP contribution >= 0.6 is 11.6 Å². The molecule has 0 bridgehead atoms. The van der Waals surface area contributed by atoms with E-state index in [-0.39, 0.29) is 6.54 Å². The summed E-state index contributed by atoms with van der Waals surface area (Å²) in [7, 11) is 0. The zero-order valence-electron chi connectivity index (χ0n) is 7.61. The molecule has 0 aliphatic rings. The molecule has 1 aromatic carbocycles. The number of rotatable bonds is 1. The van der Waals surface area contributed by atoms with E-state index >= 15 is 0 Å². The molecule has 4 nitrogen and oxygen atoms in total. The normalized spacial score (nSPS) is 8.00. The lowest BCUT2D eigenvalue weighted by Crippen LogP contribution is -1.80. The largest absolute Gasteiger partial charge is 0.192 e. The van der Waals surface area contributed by atoms with Crippen molar-refractivity contribution in [2.45, 2.75) is 0 Å². The quantitative estimate of drug-likeness (QED) is 0.308. The Morgan fingerprint density at radius 2 is 2.13 bits per heavy atom. The van der Waals surface area contributed by atoms with Gasteiger partial charge in [0.2, 0.25) is 0 Å². The number of hydrogen-bond donors (Lipinski definition) is 0. The molecule has 0 unspecified atom stereocenters. The fourth-order valence-corrected chi connectivity index (χ4v) is 1.17. The van der Waals surface area contributed by atoms with Gasteiger partial charge in [-0.3, -0.25) is 0 Å². The van der Waals surface area contributed by atoms with Crippen LogP contribution in [-0.2, 0) is 0 Å². The maximum atomic E-state index is 8.67. The Morgan fingerprint density at radius 3 is 2.80 bits per heavy atom. The summed E-state index contributed by atoms with van der Waals surface area (Å²) in [5, 5.41) is 12.4. The van der Waals surface area contributed by atoms with E-state index in [1.165, 1.54) is 0 Å². The SMILES string of the molecule is N#Cc1cc(Cl)cc(C#CCN=[N+]=[N-])c1. The smallest absolute Gasteiger partial charge is 0.0992 e. The van der Waals surface area contributed by atoms with Crippen LogP contribution < -0.4 is 0 Å². The fourth-order valence-electron chi connectivity index (χ4n) is 0.935. The summed E-state index contributed by atoms with van der Waals surface area (Å²) < 4.78 is 0. The Bertz CT molecular complexity index is 512. The summed E-state index contributed by atoms with van der Waals surface area (Å²) in [6.07, 6.45) is 0. The molecule has 0 radical (unpaired) electrons. The Balaban J connectivity index is 2.94. The van der Waals surface area contributed by atoms with Crippen molar-refractivity contribution in [2.75, 3.05) is 6.54 Å². The Kier molecular flexibility index (Phi) is 4.06. The van der Waals surface area contributed by atoms with Crippen LogP contribution in [0.2, 0.25) is 5.02 Å². The van der Waals surface area contributed by atoms with Crippen molar-refractivity contribution in [3.05, 3.63) is 44.8 Å². The summed E-state index contributed by atoms with van der Waals surface area (Å²) in [6, 6.07) is 6.80. The van der Waals surface area contributed by atoms with Crippen molar-refractivity contribution in [3.8, 4) is 17.9 Å². The summed E-state index contributed by atoms with van der Waals surface area (Å²) in [6.45, 7) is 0.102. The monoisotopic (exact) mass is 216 g/mol. The fraction of sp³-hybridized carbons (Fsp3) is 0.100. The molecular formula is C10H5ClN4. The van der Waals surface area contributed by atoms with Crippen molar-refractivity contribution >= 4 is 11.6 Å². The molecule has 0 N–H and O–H groups in total. The van der Waals surface area contributed by atoms with E-state index in [9.17, 15) is 0 Å². The maximum absolute atomic E-state index is 8.67. The third-order valence-electron chi connectivity index (χ3n) is 1.47. The summed E-state index contributed by atoms with van der Waals surface area (Å²) in [5.41, 5.74) is 9.10. The molecule has 0 aliphatic carbocycles. The third-order valence-corrected chi connectivity index (χ3v) is 1.69. The molecule has 0 aromatic heterocycles. The first-order valence-electron chi connectivity index (χ1n) is 3.96. The second-order valence-corrected chi connectivity index (χ2v) is 2.97. The Hall–Kier alpha value is -2.13. The Labute approximate surface area is 91.7 Å². The van der Waals surface area contributed by atoms with E-state index in [0.717, 1.165) is 0 Å². The van der Waals surface area contributed by atoms with Gasteiger partial charge in [-0.25, -0.2) is 0 Å². The van der Waals surface area contributed by atoms with Gasteiger partial charge >= 0.3 is 0 Å². The lowest BCUT2D eigenvalue weighted by Gasteiger charge is -1.93. The highest BCUT2D eigenvalue weighted by Gasteiger charge is 1.95. The van der Waals surface area contributed by atoms with Crippen molar-refractivity contribution in [1.29, 1.82) is 5.26 Å². The van der Waals surface area contributed by atoms with Gasteiger partial charge in [-0.15, -0.1) is 0 Å². The topological polar surface area (TPSA) is 72.5 Å². The van der Waals surface area contributed by atoms with Crippen LogP contribution in [0.3, 0.4) is 0 Å². The van der Waals surface area contributed by atoms with Gasteiger partial charge in [0.1, 0.15) is 0 Å². The van der Waals surface area contributed by atoms with Gasteiger partial charge in [-0.2, -0.15) is 5.26 Å². The molecule has 15 heavy (non-hydrogen) atoms. The highest BCUT2D eigenvalue weighted by atomic mass is 35.5. The predicted molar refractivity (Wildman–Crippen MR) is 57.1 cm³/mol. The molecule has 1 rings (SSSR count). The molecule has 0 amide bonds. The molecule has 72 valence electrons. The average Bonchev–Trinajstić information content (AvgIpc) is 2.23. The number of halogens is 1. The summed E-state index contributed by atoms with van der Waals surface area (Å²) in [5.74, 6) is 5.39. The summed E-state index contributed by atoms with van der Waals surface area (Å²) >= 11 is 5.77. The third kappa shape index (κ3) is 3.62. The second-order valence-electron chi connectivity index (χ2n) is 2.53. The lowest BCUT2D eigenvalue weighted by molar-refractivity contribution is 1.25. The van der Waals surface area contributed by atoms with Crippen molar-refractivity contribution in [1.82, 2.24) is 0 Å². The summed E-state index contributed by atoms with van der Waals surface area (Å²) in [4.78, 5) is 2.56. The minimum Gasteiger partial charge on any atom is -0.192 e. The molecule has 0 saturated carbocycles. The van der Waals surface area contributed by atoms with Gasteiger partial charge in [0.25, 0.3) is 0 Å². The molecule has 5 heteroatoms. The predicted octanol–water partition coefficient (Wildman–Crippen LogP) is 2.87.